The molecule has 3 aromatic rings. The van der Waals surface area contributed by atoms with Crippen LogP contribution in [0.2, 0.25) is 0 Å². The maximum absolute atomic E-state index is 13.5. The van der Waals surface area contributed by atoms with Crippen LogP contribution in [0.5, 0.6) is 0 Å². The SMILES string of the molecule is O=S(=O)(c1ccc(F)c(C(F)(F)F)c1)N1CCN(c2ccc(-c3cccnc3)nn2)CC1. The number of pyridine rings is 1. The van der Waals surface area contributed by atoms with Crippen LogP contribution < -0.4 is 4.90 Å². The fraction of sp³-hybridized carbons (Fsp3) is 0.250. The molecule has 3 heterocycles. The van der Waals surface area contributed by atoms with Gasteiger partial charge in [0.05, 0.1) is 16.2 Å². The second-order valence-electron chi connectivity index (χ2n) is 7.05. The second-order valence-corrected chi connectivity index (χ2v) is 8.99. The van der Waals surface area contributed by atoms with Gasteiger partial charge in [-0.1, -0.05) is 0 Å². The molecule has 0 spiro atoms. The van der Waals surface area contributed by atoms with Gasteiger partial charge in [0.2, 0.25) is 10.0 Å². The Morgan fingerprint density at radius 1 is 0.938 bits per heavy atom. The van der Waals surface area contributed by atoms with E-state index in [-0.39, 0.29) is 26.2 Å². The molecule has 1 fully saturated rings. The summed E-state index contributed by atoms with van der Waals surface area (Å²) in [5.74, 6) is -0.967. The van der Waals surface area contributed by atoms with E-state index < -0.39 is 32.5 Å². The molecule has 0 radical (unpaired) electrons. The van der Waals surface area contributed by atoms with Crippen molar-refractivity contribution < 1.29 is 26.0 Å². The van der Waals surface area contributed by atoms with Crippen molar-refractivity contribution in [1.82, 2.24) is 19.5 Å². The molecule has 4 rings (SSSR count). The summed E-state index contributed by atoms with van der Waals surface area (Å²) in [5, 5.41) is 8.36. The van der Waals surface area contributed by atoms with Gasteiger partial charge < -0.3 is 4.90 Å². The van der Waals surface area contributed by atoms with Crippen molar-refractivity contribution >= 4 is 15.8 Å². The van der Waals surface area contributed by atoms with Crippen LogP contribution in [0, 0.1) is 5.82 Å². The molecule has 0 N–H and O–H groups in total. The normalized spacial score (nSPS) is 15.7. The van der Waals surface area contributed by atoms with Gasteiger partial charge in [0.1, 0.15) is 5.82 Å². The zero-order chi connectivity index (χ0) is 22.9. The van der Waals surface area contributed by atoms with E-state index in [4.69, 9.17) is 0 Å². The summed E-state index contributed by atoms with van der Waals surface area (Å²) in [4.78, 5) is 5.26. The lowest BCUT2D eigenvalue weighted by Crippen LogP contribution is -2.49. The first-order valence-corrected chi connectivity index (χ1v) is 11.0. The Hall–Kier alpha value is -3.12. The van der Waals surface area contributed by atoms with Crippen molar-refractivity contribution in [1.29, 1.82) is 0 Å². The standard InChI is InChI=1S/C20H17F4N5O2S/c21-17-4-3-15(12-16(17)20(22,23)24)32(30,31)29-10-8-28(9-11-29)19-6-5-18(26-27-19)14-2-1-7-25-13-14/h1-7,12-13H,8-11H2. The Balaban J connectivity index is 1.46. The van der Waals surface area contributed by atoms with E-state index in [2.05, 4.69) is 15.2 Å². The number of hydrogen-bond acceptors (Lipinski definition) is 6. The predicted molar refractivity (Wildman–Crippen MR) is 108 cm³/mol. The lowest BCUT2D eigenvalue weighted by molar-refractivity contribution is -0.140. The molecule has 0 atom stereocenters. The number of benzene rings is 1. The van der Waals surface area contributed by atoms with Crippen LogP contribution in [-0.2, 0) is 16.2 Å². The van der Waals surface area contributed by atoms with Gasteiger partial charge >= 0.3 is 6.18 Å². The molecule has 7 nitrogen and oxygen atoms in total. The molecule has 0 saturated carbocycles. The van der Waals surface area contributed by atoms with Crippen LogP contribution in [0.25, 0.3) is 11.3 Å². The van der Waals surface area contributed by atoms with Crippen LogP contribution in [0.1, 0.15) is 5.56 Å². The van der Waals surface area contributed by atoms with Crippen LogP contribution in [0.4, 0.5) is 23.4 Å². The number of hydrogen-bond donors (Lipinski definition) is 0. The fourth-order valence-electron chi connectivity index (χ4n) is 3.35. The van der Waals surface area contributed by atoms with E-state index in [1.807, 2.05) is 11.0 Å². The van der Waals surface area contributed by atoms with E-state index in [0.29, 0.717) is 23.6 Å². The lowest BCUT2D eigenvalue weighted by atomic mass is 10.2. The topological polar surface area (TPSA) is 79.3 Å². The number of alkyl halides is 3. The van der Waals surface area contributed by atoms with Crippen molar-refractivity contribution in [3.8, 4) is 11.3 Å². The van der Waals surface area contributed by atoms with Gasteiger partial charge in [-0.3, -0.25) is 4.98 Å². The van der Waals surface area contributed by atoms with E-state index in [9.17, 15) is 26.0 Å². The highest BCUT2D eigenvalue weighted by Gasteiger charge is 2.37. The summed E-state index contributed by atoms with van der Waals surface area (Å²) in [5.41, 5.74) is -0.166. The quantitative estimate of drug-likeness (QED) is 0.549. The molecule has 12 heteroatoms. The second kappa shape index (κ2) is 8.43. The van der Waals surface area contributed by atoms with Crippen LogP contribution >= 0.6 is 0 Å². The zero-order valence-electron chi connectivity index (χ0n) is 16.5. The number of piperazine rings is 1. The first-order chi connectivity index (χ1) is 15.2. The molecule has 1 aromatic carbocycles. The highest BCUT2D eigenvalue weighted by molar-refractivity contribution is 7.89. The number of rotatable bonds is 4. The Labute approximate surface area is 181 Å². The Bertz CT molecular complexity index is 1200. The van der Waals surface area contributed by atoms with Gasteiger partial charge in [-0.05, 0) is 42.5 Å². The summed E-state index contributed by atoms with van der Waals surface area (Å²) < 4.78 is 79.1. The minimum atomic E-state index is -4.99. The van der Waals surface area contributed by atoms with E-state index >= 15 is 0 Å². The Kier molecular flexibility index (Phi) is 5.82. The van der Waals surface area contributed by atoms with E-state index in [1.165, 1.54) is 0 Å². The third-order valence-corrected chi connectivity index (χ3v) is 6.95. The molecule has 2 aromatic heterocycles. The molecule has 0 aliphatic carbocycles. The van der Waals surface area contributed by atoms with Gasteiger partial charge in [0.25, 0.3) is 0 Å². The average molecular weight is 467 g/mol. The lowest BCUT2D eigenvalue weighted by Gasteiger charge is -2.34. The number of nitrogens with zero attached hydrogens (tertiary/aromatic N) is 5. The van der Waals surface area contributed by atoms with E-state index in [1.54, 1.807) is 30.6 Å². The smallest absolute Gasteiger partial charge is 0.352 e. The summed E-state index contributed by atoms with van der Waals surface area (Å²) in [6, 6.07) is 8.86. The van der Waals surface area contributed by atoms with Crippen LogP contribution in [0.3, 0.4) is 0 Å². The van der Waals surface area contributed by atoms with Crippen LogP contribution in [0.15, 0.2) is 59.8 Å². The monoisotopic (exact) mass is 467 g/mol. The largest absolute Gasteiger partial charge is 0.419 e. The molecule has 0 unspecified atom stereocenters. The molecule has 1 saturated heterocycles. The summed E-state index contributed by atoms with van der Waals surface area (Å²) in [6.07, 6.45) is -1.68. The minimum Gasteiger partial charge on any atom is -0.352 e. The summed E-state index contributed by atoms with van der Waals surface area (Å²) in [6.45, 7) is 0.612. The highest BCUT2D eigenvalue weighted by atomic mass is 32.2. The summed E-state index contributed by atoms with van der Waals surface area (Å²) in [7, 11) is -4.21. The molecule has 0 amide bonds. The molecule has 32 heavy (non-hydrogen) atoms. The third kappa shape index (κ3) is 4.41. The van der Waals surface area contributed by atoms with Crippen molar-refractivity contribution in [3.63, 3.8) is 0 Å². The number of sulfonamides is 1. The molecular formula is C20H17F4N5O2S. The molecule has 1 aliphatic heterocycles. The number of anilines is 1. The van der Waals surface area contributed by atoms with Gasteiger partial charge in [-0.15, -0.1) is 10.2 Å². The zero-order valence-corrected chi connectivity index (χ0v) is 17.3. The van der Waals surface area contributed by atoms with Gasteiger partial charge in [-0.25, -0.2) is 12.8 Å². The van der Waals surface area contributed by atoms with E-state index in [0.717, 1.165) is 15.9 Å². The van der Waals surface area contributed by atoms with Gasteiger partial charge in [-0.2, -0.15) is 17.5 Å². The third-order valence-electron chi connectivity index (χ3n) is 5.05. The van der Waals surface area contributed by atoms with Gasteiger partial charge in [0, 0.05) is 44.1 Å². The minimum absolute atomic E-state index is 0.0348. The predicted octanol–water partition coefficient (Wildman–Crippen LogP) is 3.21. The van der Waals surface area contributed by atoms with Gasteiger partial charge in [0.15, 0.2) is 5.82 Å². The molecule has 1 aliphatic rings. The highest BCUT2D eigenvalue weighted by Crippen LogP contribution is 2.33. The number of halogens is 4. The summed E-state index contributed by atoms with van der Waals surface area (Å²) >= 11 is 0. The first kappa shape index (κ1) is 22.1. The number of aromatic nitrogens is 3. The van der Waals surface area contributed by atoms with Crippen LogP contribution in [-0.4, -0.2) is 54.1 Å². The molecule has 0 bridgehead atoms. The fourth-order valence-corrected chi connectivity index (χ4v) is 4.80. The van der Waals surface area contributed by atoms with Crippen molar-refractivity contribution in [2.45, 2.75) is 11.1 Å². The molecule has 168 valence electrons. The maximum atomic E-state index is 13.5. The Morgan fingerprint density at radius 3 is 2.28 bits per heavy atom. The van der Waals surface area contributed by atoms with Crippen molar-refractivity contribution in [3.05, 3.63) is 66.2 Å². The Morgan fingerprint density at radius 2 is 1.69 bits per heavy atom. The van der Waals surface area contributed by atoms with Crippen molar-refractivity contribution in [2.24, 2.45) is 0 Å². The van der Waals surface area contributed by atoms with Crippen molar-refractivity contribution in [2.75, 3.05) is 31.1 Å². The first-order valence-electron chi connectivity index (χ1n) is 9.52. The maximum Gasteiger partial charge on any atom is 0.419 e. The average Bonchev–Trinajstić information content (AvgIpc) is 2.79. The molecular weight excluding hydrogens is 450 g/mol.